The summed E-state index contributed by atoms with van der Waals surface area (Å²) >= 11 is 0. The van der Waals surface area contributed by atoms with Crippen molar-refractivity contribution < 1.29 is 4.79 Å². The lowest BCUT2D eigenvalue weighted by atomic mass is 9.48. The van der Waals surface area contributed by atoms with Gasteiger partial charge in [-0.15, -0.1) is 0 Å². The maximum absolute atomic E-state index is 12.9. The number of pyridine rings is 1. The van der Waals surface area contributed by atoms with Crippen LogP contribution in [0.1, 0.15) is 55.8 Å². The van der Waals surface area contributed by atoms with E-state index >= 15 is 0 Å². The number of aromatic nitrogens is 1. The van der Waals surface area contributed by atoms with Gasteiger partial charge in [-0.2, -0.15) is 0 Å². The second kappa shape index (κ2) is 6.61. The van der Waals surface area contributed by atoms with Gasteiger partial charge in [-0.1, -0.05) is 30.3 Å². The molecule has 2 N–H and O–H groups in total. The molecule has 0 aliphatic heterocycles. The first-order valence-electron chi connectivity index (χ1n) is 10.6. The molecule has 4 bridgehead atoms. The van der Waals surface area contributed by atoms with Crippen LogP contribution in [0, 0.1) is 23.2 Å². The van der Waals surface area contributed by atoms with E-state index in [1.807, 2.05) is 36.4 Å². The third kappa shape index (κ3) is 2.99. The van der Waals surface area contributed by atoms with Crippen LogP contribution in [0.15, 0.2) is 47.3 Å². The molecule has 1 unspecified atom stereocenters. The first kappa shape index (κ1) is 17.7. The molecule has 2 aromatic rings. The molecule has 6 rings (SSSR count). The third-order valence-corrected chi connectivity index (χ3v) is 7.59. The lowest BCUT2D eigenvalue weighted by Crippen LogP contribution is -2.56. The monoisotopic (exact) mass is 376 g/mol. The van der Waals surface area contributed by atoms with Crippen molar-refractivity contribution in [2.24, 2.45) is 23.2 Å². The molecule has 1 heterocycles. The van der Waals surface area contributed by atoms with E-state index in [0.29, 0.717) is 0 Å². The Balaban J connectivity index is 1.34. The van der Waals surface area contributed by atoms with Crippen molar-refractivity contribution in [2.75, 3.05) is 0 Å². The van der Waals surface area contributed by atoms with Gasteiger partial charge in [0.15, 0.2) is 0 Å². The number of amides is 1. The van der Waals surface area contributed by atoms with Gasteiger partial charge in [-0.05, 0) is 86.3 Å². The van der Waals surface area contributed by atoms with Crippen LogP contribution in [-0.2, 0) is 0 Å². The molecule has 1 aromatic heterocycles. The maximum atomic E-state index is 12.9. The SMILES string of the molecule is CC(NC(=O)c1ccc(-c2ccccc2)[nH]c1=O)C12CC3CC(CC(C3)C1)C2. The number of carbonyl (C=O) groups excluding carboxylic acids is 1. The quantitative estimate of drug-likeness (QED) is 0.832. The van der Waals surface area contributed by atoms with E-state index in [4.69, 9.17) is 0 Å². The van der Waals surface area contributed by atoms with Crippen LogP contribution in [0.2, 0.25) is 0 Å². The van der Waals surface area contributed by atoms with Gasteiger partial charge in [0.1, 0.15) is 5.56 Å². The number of H-pyrrole nitrogens is 1. The molecule has 0 radical (unpaired) electrons. The normalized spacial score (nSPS) is 31.5. The molecule has 1 aromatic carbocycles. The molecule has 146 valence electrons. The Morgan fingerprint density at radius 2 is 1.61 bits per heavy atom. The number of benzene rings is 1. The van der Waals surface area contributed by atoms with E-state index in [9.17, 15) is 9.59 Å². The van der Waals surface area contributed by atoms with Gasteiger partial charge in [0, 0.05) is 11.7 Å². The molecular weight excluding hydrogens is 348 g/mol. The number of nitrogens with one attached hydrogen (secondary N) is 2. The molecule has 4 aliphatic rings. The molecule has 4 aliphatic carbocycles. The van der Waals surface area contributed by atoms with Crippen LogP contribution >= 0.6 is 0 Å². The van der Waals surface area contributed by atoms with Gasteiger partial charge < -0.3 is 10.3 Å². The van der Waals surface area contributed by atoms with Crippen molar-refractivity contribution in [3.63, 3.8) is 0 Å². The van der Waals surface area contributed by atoms with Crippen LogP contribution < -0.4 is 10.9 Å². The average Bonchev–Trinajstić information content (AvgIpc) is 2.67. The van der Waals surface area contributed by atoms with Gasteiger partial charge in [0.05, 0.1) is 0 Å². The van der Waals surface area contributed by atoms with Crippen molar-refractivity contribution in [3.8, 4) is 11.3 Å². The highest BCUT2D eigenvalue weighted by molar-refractivity contribution is 5.94. The Morgan fingerprint density at radius 3 is 2.18 bits per heavy atom. The number of hydrogen-bond donors (Lipinski definition) is 2. The van der Waals surface area contributed by atoms with Crippen molar-refractivity contribution >= 4 is 5.91 Å². The first-order valence-corrected chi connectivity index (χ1v) is 10.6. The highest BCUT2D eigenvalue weighted by atomic mass is 16.2. The second-order valence-electron chi connectivity index (χ2n) is 9.46. The summed E-state index contributed by atoms with van der Waals surface area (Å²) < 4.78 is 0. The van der Waals surface area contributed by atoms with Crippen LogP contribution in [0.25, 0.3) is 11.3 Å². The summed E-state index contributed by atoms with van der Waals surface area (Å²) in [6, 6.07) is 13.3. The van der Waals surface area contributed by atoms with Crippen LogP contribution in [0.3, 0.4) is 0 Å². The zero-order chi connectivity index (χ0) is 19.3. The molecule has 1 amide bonds. The number of carbonyl (C=O) groups is 1. The topological polar surface area (TPSA) is 62.0 Å². The maximum Gasteiger partial charge on any atom is 0.261 e. The summed E-state index contributed by atoms with van der Waals surface area (Å²) in [6.45, 7) is 2.15. The fraction of sp³-hybridized carbons (Fsp3) is 0.500. The minimum Gasteiger partial charge on any atom is -0.349 e. The lowest BCUT2D eigenvalue weighted by Gasteiger charge is -2.59. The Kier molecular flexibility index (Phi) is 4.18. The number of aromatic amines is 1. The van der Waals surface area contributed by atoms with E-state index in [-0.39, 0.29) is 28.5 Å². The van der Waals surface area contributed by atoms with Gasteiger partial charge in [-0.3, -0.25) is 9.59 Å². The third-order valence-electron chi connectivity index (χ3n) is 7.59. The summed E-state index contributed by atoms with van der Waals surface area (Å²) in [5.74, 6) is 2.29. The van der Waals surface area contributed by atoms with Gasteiger partial charge in [0.25, 0.3) is 11.5 Å². The fourth-order valence-electron chi connectivity index (χ4n) is 6.57. The summed E-state index contributed by atoms with van der Waals surface area (Å²) in [7, 11) is 0. The minimum atomic E-state index is -0.323. The zero-order valence-electron chi connectivity index (χ0n) is 16.4. The largest absolute Gasteiger partial charge is 0.349 e. The van der Waals surface area contributed by atoms with Crippen molar-refractivity contribution in [1.29, 1.82) is 0 Å². The van der Waals surface area contributed by atoms with E-state index < -0.39 is 0 Å². The molecule has 4 nitrogen and oxygen atoms in total. The van der Waals surface area contributed by atoms with Crippen molar-refractivity contribution in [3.05, 3.63) is 58.4 Å². The molecule has 4 saturated carbocycles. The highest BCUT2D eigenvalue weighted by Gasteiger charge is 2.53. The Labute approximate surface area is 165 Å². The Morgan fingerprint density at radius 1 is 1.00 bits per heavy atom. The average molecular weight is 377 g/mol. The van der Waals surface area contributed by atoms with Gasteiger partial charge in [-0.25, -0.2) is 0 Å². The lowest BCUT2D eigenvalue weighted by molar-refractivity contribution is -0.0688. The van der Waals surface area contributed by atoms with Crippen LogP contribution in [0.5, 0.6) is 0 Å². The summed E-state index contributed by atoms with van der Waals surface area (Å²) in [5.41, 5.74) is 1.79. The smallest absolute Gasteiger partial charge is 0.261 e. The van der Waals surface area contributed by atoms with Crippen molar-refractivity contribution in [1.82, 2.24) is 10.3 Å². The first-order chi connectivity index (χ1) is 13.5. The summed E-state index contributed by atoms with van der Waals surface area (Å²) in [6.07, 6.45) is 7.89. The predicted octanol–water partition coefficient (Wildman–Crippen LogP) is 4.38. The molecule has 1 atom stereocenters. The minimum absolute atomic E-state index is 0.113. The molecule has 0 spiro atoms. The van der Waals surface area contributed by atoms with Crippen LogP contribution in [-0.4, -0.2) is 16.9 Å². The van der Waals surface area contributed by atoms with Gasteiger partial charge in [0.2, 0.25) is 0 Å². The fourth-order valence-corrected chi connectivity index (χ4v) is 6.57. The zero-order valence-corrected chi connectivity index (χ0v) is 16.4. The van der Waals surface area contributed by atoms with E-state index in [1.54, 1.807) is 6.07 Å². The second-order valence-corrected chi connectivity index (χ2v) is 9.46. The Bertz CT molecular complexity index is 911. The van der Waals surface area contributed by atoms with Crippen LogP contribution in [0.4, 0.5) is 0 Å². The number of rotatable bonds is 4. The van der Waals surface area contributed by atoms with Gasteiger partial charge >= 0.3 is 0 Å². The predicted molar refractivity (Wildman–Crippen MR) is 110 cm³/mol. The molecule has 28 heavy (non-hydrogen) atoms. The standard InChI is InChI=1S/C24H28N2O2/c1-15(24-12-16-9-17(13-24)11-18(10-16)14-24)25-22(27)20-7-8-21(26-23(20)28)19-5-3-2-4-6-19/h2-8,15-18H,9-14H2,1H3,(H,25,27)(H,26,28). The molecular formula is C24H28N2O2. The Hall–Kier alpha value is -2.36. The number of hydrogen-bond acceptors (Lipinski definition) is 2. The van der Waals surface area contributed by atoms with E-state index in [0.717, 1.165) is 29.0 Å². The van der Waals surface area contributed by atoms with Crippen molar-refractivity contribution in [2.45, 2.75) is 51.5 Å². The molecule has 0 saturated heterocycles. The highest BCUT2D eigenvalue weighted by Crippen LogP contribution is 2.61. The summed E-state index contributed by atoms with van der Waals surface area (Å²) in [5, 5.41) is 3.19. The van der Waals surface area contributed by atoms with E-state index in [1.165, 1.54) is 38.5 Å². The molecule has 4 heteroatoms. The molecule has 4 fully saturated rings. The summed E-state index contributed by atoms with van der Waals surface area (Å²) in [4.78, 5) is 28.3. The van der Waals surface area contributed by atoms with E-state index in [2.05, 4.69) is 17.2 Å².